The summed E-state index contributed by atoms with van der Waals surface area (Å²) in [5.41, 5.74) is 1.37. The number of para-hydroxylation sites is 1. The molecule has 0 fully saturated rings. The summed E-state index contributed by atoms with van der Waals surface area (Å²) in [6.07, 6.45) is 3.30. The summed E-state index contributed by atoms with van der Waals surface area (Å²) in [7, 11) is 1.32. The number of aromatic nitrogens is 2. The number of hydrogen-bond acceptors (Lipinski definition) is 4. The van der Waals surface area contributed by atoms with Gasteiger partial charge in [-0.2, -0.15) is 5.10 Å². The Labute approximate surface area is 117 Å². The molecule has 0 saturated carbocycles. The number of Topliss-reactive ketones (excluding diaryl/α,β-unsaturated/α-hetero) is 1. The van der Waals surface area contributed by atoms with Gasteiger partial charge in [-0.1, -0.05) is 25.1 Å². The van der Waals surface area contributed by atoms with Gasteiger partial charge in [-0.3, -0.25) is 9.59 Å². The third kappa shape index (κ3) is 3.12. The van der Waals surface area contributed by atoms with Gasteiger partial charge in [-0.15, -0.1) is 0 Å². The van der Waals surface area contributed by atoms with Crippen LogP contribution in [0.1, 0.15) is 23.7 Å². The van der Waals surface area contributed by atoms with Crippen molar-refractivity contribution in [1.82, 2.24) is 9.78 Å². The van der Waals surface area contributed by atoms with Crippen LogP contribution in [0.15, 0.2) is 42.7 Å². The minimum atomic E-state index is -0.451. The Kier molecular flexibility index (Phi) is 4.30. The number of hydrogen-bond donors (Lipinski definition) is 0. The lowest BCUT2D eigenvalue weighted by atomic mass is 10.0. The number of carbonyl (C=O) groups excluding carboxylic acids is 2. The Morgan fingerprint density at radius 2 is 2.00 bits per heavy atom. The first kappa shape index (κ1) is 14.0. The molecule has 1 aromatic carbocycles. The molecule has 5 heteroatoms. The van der Waals surface area contributed by atoms with Crippen molar-refractivity contribution in [2.24, 2.45) is 5.92 Å². The van der Waals surface area contributed by atoms with Crippen LogP contribution in [-0.4, -0.2) is 28.6 Å². The molecule has 1 unspecified atom stereocenters. The molecule has 0 radical (unpaired) electrons. The van der Waals surface area contributed by atoms with Crippen molar-refractivity contribution in [1.29, 1.82) is 0 Å². The second-order valence-electron chi connectivity index (χ2n) is 4.56. The van der Waals surface area contributed by atoms with Gasteiger partial charge in [0.05, 0.1) is 30.5 Å². The summed E-state index contributed by atoms with van der Waals surface area (Å²) in [4.78, 5) is 23.4. The van der Waals surface area contributed by atoms with Crippen molar-refractivity contribution in [3.8, 4) is 5.69 Å². The van der Waals surface area contributed by atoms with Crippen molar-refractivity contribution in [2.75, 3.05) is 7.11 Å². The van der Waals surface area contributed by atoms with E-state index in [9.17, 15) is 9.59 Å². The minimum Gasteiger partial charge on any atom is -0.469 e. The number of nitrogens with zero attached hydrogens (tertiary/aromatic N) is 2. The molecule has 20 heavy (non-hydrogen) atoms. The van der Waals surface area contributed by atoms with Crippen LogP contribution >= 0.6 is 0 Å². The maximum absolute atomic E-state index is 12.1. The molecule has 0 amide bonds. The fourth-order valence-corrected chi connectivity index (χ4v) is 1.87. The van der Waals surface area contributed by atoms with Gasteiger partial charge in [0.2, 0.25) is 0 Å². The molecular formula is C15H16N2O3. The summed E-state index contributed by atoms with van der Waals surface area (Å²) in [6.45, 7) is 1.67. The van der Waals surface area contributed by atoms with Crippen LogP contribution < -0.4 is 0 Å². The topological polar surface area (TPSA) is 61.2 Å². The van der Waals surface area contributed by atoms with E-state index >= 15 is 0 Å². The molecule has 1 aromatic heterocycles. The van der Waals surface area contributed by atoms with E-state index in [2.05, 4.69) is 9.84 Å². The van der Waals surface area contributed by atoms with Gasteiger partial charge >= 0.3 is 5.97 Å². The van der Waals surface area contributed by atoms with E-state index in [0.29, 0.717) is 5.56 Å². The number of ketones is 1. The highest BCUT2D eigenvalue weighted by molar-refractivity contribution is 5.97. The summed E-state index contributed by atoms with van der Waals surface area (Å²) in [5.74, 6) is -0.952. The predicted octanol–water partition coefficient (Wildman–Crippen LogP) is 2.25. The maximum Gasteiger partial charge on any atom is 0.308 e. The molecule has 104 valence electrons. The van der Waals surface area contributed by atoms with Gasteiger partial charge in [-0.05, 0) is 12.1 Å². The van der Waals surface area contributed by atoms with Gasteiger partial charge in [0.15, 0.2) is 5.78 Å². The first-order chi connectivity index (χ1) is 9.61. The Morgan fingerprint density at radius 1 is 1.30 bits per heavy atom. The zero-order valence-electron chi connectivity index (χ0n) is 11.4. The highest BCUT2D eigenvalue weighted by atomic mass is 16.5. The molecule has 1 atom stereocenters. The number of ether oxygens (including phenoxy) is 1. The van der Waals surface area contributed by atoms with Crippen molar-refractivity contribution in [3.63, 3.8) is 0 Å². The first-order valence-corrected chi connectivity index (χ1v) is 6.33. The van der Waals surface area contributed by atoms with Gasteiger partial charge in [0.25, 0.3) is 0 Å². The summed E-state index contributed by atoms with van der Waals surface area (Å²) in [5, 5.41) is 4.16. The molecule has 0 aliphatic carbocycles. The third-order valence-electron chi connectivity index (χ3n) is 3.02. The Bertz CT molecular complexity index is 605. The zero-order valence-corrected chi connectivity index (χ0v) is 11.4. The summed E-state index contributed by atoms with van der Waals surface area (Å²) >= 11 is 0. The number of carbonyl (C=O) groups is 2. The van der Waals surface area contributed by atoms with Gasteiger partial charge in [0.1, 0.15) is 0 Å². The molecular weight excluding hydrogens is 256 g/mol. The molecule has 2 rings (SSSR count). The standard InChI is InChI=1S/C15H16N2O3/c1-11(15(19)20-2)8-14(18)12-9-16-17(10-12)13-6-4-3-5-7-13/h3-7,9-11H,8H2,1-2H3. The highest BCUT2D eigenvalue weighted by Gasteiger charge is 2.19. The predicted molar refractivity (Wildman–Crippen MR) is 73.7 cm³/mol. The molecule has 0 aliphatic heterocycles. The fourth-order valence-electron chi connectivity index (χ4n) is 1.87. The van der Waals surface area contributed by atoms with Gasteiger partial charge < -0.3 is 4.74 Å². The molecule has 0 spiro atoms. The Hall–Kier alpha value is -2.43. The van der Waals surface area contributed by atoms with Crippen LogP contribution in [0.5, 0.6) is 0 Å². The number of methoxy groups -OCH3 is 1. The van der Waals surface area contributed by atoms with Crippen molar-refractivity contribution in [3.05, 3.63) is 48.3 Å². The van der Waals surface area contributed by atoms with E-state index < -0.39 is 5.92 Å². The quantitative estimate of drug-likeness (QED) is 0.618. The molecule has 0 N–H and O–H groups in total. The molecule has 5 nitrogen and oxygen atoms in total. The number of esters is 1. The number of benzene rings is 1. The van der Waals surface area contributed by atoms with E-state index in [1.807, 2.05) is 30.3 Å². The lowest BCUT2D eigenvalue weighted by molar-refractivity contribution is -0.144. The van der Waals surface area contributed by atoms with E-state index in [1.165, 1.54) is 13.3 Å². The second-order valence-corrected chi connectivity index (χ2v) is 4.56. The van der Waals surface area contributed by atoms with Crippen molar-refractivity contribution >= 4 is 11.8 Å². The van der Waals surface area contributed by atoms with E-state index in [4.69, 9.17) is 0 Å². The van der Waals surface area contributed by atoms with Crippen LogP contribution in [-0.2, 0) is 9.53 Å². The van der Waals surface area contributed by atoms with Crippen molar-refractivity contribution in [2.45, 2.75) is 13.3 Å². The van der Waals surface area contributed by atoms with Crippen LogP contribution in [0.2, 0.25) is 0 Å². The number of rotatable bonds is 5. The van der Waals surface area contributed by atoms with Crippen LogP contribution in [0.25, 0.3) is 5.69 Å². The fraction of sp³-hybridized carbons (Fsp3) is 0.267. The van der Waals surface area contributed by atoms with Crippen LogP contribution in [0, 0.1) is 5.92 Å². The molecule has 0 bridgehead atoms. The average molecular weight is 272 g/mol. The largest absolute Gasteiger partial charge is 0.469 e. The molecule has 0 saturated heterocycles. The molecule has 2 aromatic rings. The summed E-state index contributed by atoms with van der Waals surface area (Å²) < 4.78 is 6.25. The normalized spacial score (nSPS) is 11.9. The minimum absolute atomic E-state index is 0.118. The molecule has 0 aliphatic rings. The zero-order chi connectivity index (χ0) is 14.5. The van der Waals surface area contributed by atoms with E-state index in [-0.39, 0.29) is 18.2 Å². The lowest BCUT2D eigenvalue weighted by Gasteiger charge is -2.06. The second kappa shape index (κ2) is 6.14. The SMILES string of the molecule is COC(=O)C(C)CC(=O)c1cnn(-c2ccccc2)c1. The molecule has 1 heterocycles. The monoisotopic (exact) mass is 272 g/mol. The van der Waals surface area contributed by atoms with Crippen molar-refractivity contribution < 1.29 is 14.3 Å². The highest BCUT2D eigenvalue weighted by Crippen LogP contribution is 2.13. The Morgan fingerprint density at radius 3 is 2.65 bits per heavy atom. The average Bonchev–Trinajstić information content (AvgIpc) is 2.97. The third-order valence-corrected chi connectivity index (χ3v) is 3.02. The van der Waals surface area contributed by atoms with Crippen LogP contribution in [0.3, 0.4) is 0 Å². The van der Waals surface area contributed by atoms with E-state index in [1.54, 1.807) is 17.8 Å². The lowest BCUT2D eigenvalue weighted by Crippen LogP contribution is -2.16. The van der Waals surface area contributed by atoms with Gasteiger partial charge in [-0.25, -0.2) is 4.68 Å². The van der Waals surface area contributed by atoms with E-state index in [0.717, 1.165) is 5.69 Å². The van der Waals surface area contributed by atoms with Gasteiger partial charge in [0, 0.05) is 12.6 Å². The first-order valence-electron chi connectivity index (χ1n) is 6.33. The van der Waals surface area contributed by atoms with Crippen LogP contribution in [0.4, 0.5) is 0 Å². The summed E-state index contributed by atoms with van der Waals surface area (Å²) in [6, 6.07) is 9.52. The Balaban J connectivity index is 2.09. The smallest absolute Gasteiger partial charge is 0.308 e. The maximum atomic E-state index is 12.1.